The maximum absolute atomic E-state index is 12.4. The number of aliphatic hydroxyl groups is 1. The summed E-state index contributed by atoms with van der Waals surface area (Å²) in [6.07, 6.45) is 1.22. The summed E-state index contributed by atoms with van der Waals surface area (Å²) in [5.74, 6) is 0.0444. The van der Waals surface area contributed by atoms with E-state index in [4.69, 9.17) is 4.74 Å². The molecule has 2 N–H and O–H groups in total. The van der Waals surface area contributed by atoms with Crippen LogP contribution in [0.25, 0.3) is 10.2 Å². The number of carbonyl (C=O) groups is 1. The fraction of sp³-hybridized carbons (Fsp3) is 0.471. The van der Waals surface area contributed by atoms with Crippen LogP contribution in [0.1, 0.15) is 34.9 Å². The van der Waals surface area contributed by atoms with Gasteiger partial charge in [-0.1, -0.05) is 6.08 Å². The van der Waals surface area contributed by atoms with Crippen LogP contribution in [0, 0.1) is 6.92 Å². The minimum absolute atomic E-state index is 0.275. The number of aryl methyl sites for hydroxylation is 1. The number of thiophene rings is 1. The molecule has 0 bridgehead atoms. The van der Waals surface area contributed by atoms with E-state index in [-0.39, 0.29) is 12.2 Å². The summed E-state index contributed by atoms with van der Waals surface area (Å²) in [6, 6.07) is 0. The van der Waals surface area contributed by atoms with Gasteiger partial charge in [-0.05, 0) is 26.3 Å². The Morgan fingerprint density at radius 2 is 2.28 bits per heavy atom. The number of H-pyrrole nitrogens is 1. The van der Waals surface area contributed by atoms with Crippen LogP contribution in [0.3, 0.4) is 0 Å². The van der Waals surface area contributed by atoms with E-state index in [0.717, 1.165) is 11.3 Å². The molecule has 0 aliphatic heterocycles. The molecule has 0 saturated heterocycles. The molecule has 0 aliphatic carbocycles. The van der Waals surface area contributed by atoms with Crippen molar-refractivity contribution in [1.29, 1.82) is 0 Å². The molecule has 2 heterocycles. The lowest BCUT2D eigenvalue weighted by atomic mass is 10.2. The van der Waals surface area contributed by atoms with Crippen molar-refractivity contribution in [3.8, 4) is 0 Å². The summed E-state index contributed by atoms with van der Waals surface area (Å²) in [4.78, 5) is 34.6. The van der Waals surface area contributed by atoms with Crippen molar-refractivity contribution in [2.24, 2.45) is 0 Å². The third-order valence-corrected chi connectivity index (χ3v) is 4.76. The summed E-state index contributed by atoms with van der Waals surface area (Å²) in [7, 11) is 0. The Balaban J connectivity index is 2.39. The lowest BCUT2D eigenvalue weighted by molar-refractivity contribution is 0.0531. The standard InChI is InChI=1S/C17H23N3O4S/c1-5-7-20(8-10(3)21)9-12-18-15(22)13-11(4)14(17(23)24-6-2)25-16(13)19-12/h5,10,21H,1,6-9H2,2-4H3,(H,18,19,22)/t10-/m1/s1. The molecule has 1 atom stereocenters. The lowest BCUT2D eigenvalue weighted by Gasteiger charge is -2.21. The van der Waals surface area contributed by atoms with E-state index in [0.29, 0.717) is 46.1 Å². The Labute approximate surface area is 150 Å². The second-order valence-corrected chi connectivity index (χ2v) is 6.80. The predicted octanol–water partition coefficient (Wildman–Crippen LogP) is 1.84. The van der Waals surface area contributed by atoms with E-state index in [2.05, 4.69) is 16.5 Å². The van der Waals surface area contributed by atoms with E-state index >= 15 is 0 Å². The monoisotopic (exact) mass is 365 g/mol. The molecule has 0 spiro atoms. The summed E-state index contributed by atoms with van der Waals surface area (Å²) in [5.41, 5.74) is 0.311. The number of nitrogens with zero attached hydrogens (tertiary/aromatic N) is 2. The second-order valence-electron chi connectivity index (χ2n) is 5.80. The highest BCUT2D eigenvalue weighted by molar-refractivity contribution is 7.20. The van der Waals surface area contributed by atoms with Crippen molar-refractivity contribution in [3.05, 3.63) is 39.3 Å². The molecule has 0 fully saturated rings. The predicted molar refractivity (Wildman–Crippen MR) is 98.1 cm³/mol. The van der Waals surface area contributed by atoms with Crippen LogP contribution in [-0.4, -0.2) is 51.7 Å². The minimum atomic E-state index is -0.505. The number of fused-ring (bicyclic) bond motifs is 1. The molecule has 0 saturated carbocycles. The van der Waals surface area contributed by atoms with Crippen LogP contribution in [-0.2, 0) is 11.3 Å². The number of aromatic amines is 1. The first-order chi connectivity index (χ1) is 11.9. The highest BCUT2D eigenvalue weighted by Crippen LogP contribution is 2.27. The third kappa shape index (κ3) is 4.53. The van der Waals surface area contributed by atoms with Gasteiger partial charge in [0.05, 0.1) is 24.6 Å². The van der Waals surface area contributed by atoms with Crippen molar-refractivity contribution >= 4 is 27.5 Å². The molecule has 0 amide bonds. The number of nitrogens with one attached hydrogen (secondary N) is 1. The van der Waals surface area contributed by atoms with Gasteiger partial charge in [-0.25, -0.2) is 9.78 Å². The molecule has 0 aliphatic rings. The Hall–Kier alpha value is -2.03. The Morgan fingerprint density at radius 1 is 1.56 bits per heavy atom. The maximum atomic E-state index is 12.4. The van der Waals surface area contributed by atoms with Crippen LogP contribution in [0.2, 0.25) is 0 Å². The zero-order chi connectivity index (χ0) is 18.6. The molecule has 2 rings (SSSR count). The number of carbonyl (C=O) groups excluding carboxylic acids is 1. The zero-order valence-electron chi connectivity index (χ0n) is 14.7. The average Bonchev–Trinajstić information content (AvgIpc) is 2.84. The topological polar surface area (TPSA) is 95.5 Å². The van der Waals surface area contributed by atoms with Crippen LogP contribution < -0.4 is 5.56 Å². The summed E-state index contributed by atoms with van der Waals surface area (Å²) in [5, 5.41) is 10.0. The molecule has 0 unspecified atom stereocenters. The fourth-order valence-corrected chi connectivity index (χ4v) is 3.72. The minimum Gasteiger partial charge on any atom is -0.462 e. The first-order valence-corrected chi connectivity index (χ1v) is 8.89. The van der Waals surface area contributed by atoms with Gasteiger partial charge >= 0.3 is 5.97 Å². The number of hydrogen-bond acceptors (Lipinski definition) is 7. The van der Waals surface area contributed by atoms with Crippen LogP contribution in [0.4, 0.5) is 0 Å². The average molecular weight is 365 g/mol. The molecular weight excluding hydrogens is 342 g/mol. The second kappa shape index (κ2) is 8.37. The molecule has 0 radical (unpaired) electrons. The summed E-state index contributed by atoms with van der Waals surface area (Å²) in [6.45, 7) is 10.5. The van der Waals surface area contributed by atoms with Gasteiger partial charge in [0.2, 0.25) is 0 Å². The smallest absolute Gasteiger partial charge is 0.348 e. The summed E-state index contributed by atoms with van der Waals surface area (Å²) < 4.78 is 5.03. The lowest BCUT2D eigenvalue weighted by Crippen LogP contribution is -2.32. The van der Waals surface area contributed by atoms with Crippen LogP contribution >= 0.6 is 11.3 Å². The number of hydrogen-bond donors (Lipinski definition) is 2. The largest absolute Gasteiger partial charge is 0.462 e. The molecule has 2 aromatic heterocycles. The number of aliphatic hydroxyl groups excluding tert-OH is 1. The SMILES string of the molecule is C=CCN(Cc1nc2sc(C(=O)OCC)c(C)c2c(=O)[nH]1)C[C@@H](C)O. The highest BCUT2D eigenvalue weighted by atomic mass is 32.1. The van der Waals surface area contributed by atoms with Gasteiger partial charge in [0.1, 0.15) is 15.5 Å². The first kappa shape index (κ1) is 19.3. The van der Waals surface area contributed by atoms with Gasteiger partial charge in [0.25, 0.3) is 5.56 Å². The number of ether oxygens (including phenoxy) is 1. The number of aromatic nitrogens is 2. The van der Waals surface area contributed by atoms with Crippen molar-refractivity contribution in [3.63, 3.8) is 0 Å². The molecule has 0 aromatic carbocycles. The first-order valence-electron chi connectivity index (χ1n) is 8.08. The number of esters is 1. The normalized spacial score (nSPS) is 12.5. The van der Waals surface area contributed by atoms with Gasteiger partial charge in [-0.3, -0.25) is 9.69 Å². The van der Waals surface area contributed by atoms with Crippen molar-refractivity contribution in [1.82, 2.24) is 14.9 Å². The van der Waals surface area contributed by atoms with Gasteiger partial charge in [-0.2, -0.15) is 0 Å². The van der Waals surface area contributed by atoms with E-state index in [1.165, 1.54) is 0 Å². The molecule has 25 heavy (non-hydrogen) atoms. The maximum Gasteiger partial charge on any atom is 0.348 e. The molecule has 7 nitrogen and oxygen atoms in total. The zero-order valence-corrected chi connectivity index (χ0v) is 15.5. The third-order valence-electron chi connectivity index (χ3n) is 3.59. The Morgan fingerprint density at radius 3 is 2.88 bits per heavy atom. The van der Waals surface area contributed by atoms with Gasteiger partial charge < -0.3 is 14.8 Å². The van der Waals surface area contributed by atoms with Gasteiger partial charge in [0, 0.05) is 13.1 Å². The Kier molecular flexibility index (Phi) is 6.46. The number of rotatable bonds is 8. The van der Waals surface area contributed by atoms with Crippen LogP contribution in [0.5, 0.6) is 0 Å². The highest BCUT2D eigenvalue weighted by Gasteiger charge is 2.20. The van der Waals surface area contributed by atoms with Crippen LogP contribution in [0.15, 0.2) is 17.4 Å². The molecule has 136 valence electrons. The van der Waals surface area contributed by atoms with Gasteiger partial charge in [0.15, 0.2) is 0 Å². The molecule has 2 aromatic rings. The molecular formula is C17H23N3O4S. The van der Waals surface area contributed by atoms with E-state index in [9.17, 15) is 14.7 Å². The fourth-order valence-electron chi connectivity index (χ4n) is 2.63. The van der Waals surface area contributed by atoms with Crippen molar-refractivity contribution in [2.75, 3.05) is 19.7 Å². The van der Waals surface area contributed by atoms with E-state index in [1.807, 2.05) is 4.90 Å². The van der Waals surface area contributed by atoms with E-state index in [1.54, 1.807) is 26.8 Å². The van der Waals surface area contributed by atoms with Crippen molar-refractivity contribution in [2.45, 2.75) is 33.4 Å². The quantitative estimate of drug-likeness (QED) is 0.547. The van der Waals surface area contributed by atoms with E-state index < -0.39 is 12.1 Å². The van der Waals surface area contributed by atoms with Gasteiger partial charge in [-0.15, -0.1) is 17.9 Å². The molecule has 8 heteroatoms. The Bertz CT molecular complexity index is 825. The van der Waals surface area contributed by atoms with Crippen molar-refractivity contribution < 1.29 is 14.6 Å². The summed E-state index contributed by atoms with van der Waals surface area (Å²) >= 11 is 1.16.